The van der Waals surface area contributed by atoms with Crippen LogP contribution in [0.15, 0.2) is 42.6 Å². The first-order valence-electron chi connectivity index (χ1n) is 9.95. The van der Waals surface area contributed by atoms with Gasteiger partial charge in [0.05, 0.1) is 37.4 Å². The fourth-order valence-electron chi connectivity index (χ4n) is 3.23. The molecule has 0 atom stereocenters. The molecule has 8 heteroatoms. The minimum Gasteiger partial charge on any atom is -0.494 e. The van der Waals surface area contributed by atoms with Gasteiger partial charge < -0.3 is 19.7 Å². The van der Waals surface area contributed by atoms with E-state index in [1.54, 1.807) is 6.20 Å². The molecule has 0 saturated carbocycles. The number of carbonyl (C=O) groups excluding carboxylic acids is 1. The summed E-state index contributed by atoms with van der Waals surface area (Å²) >= 11 is 1.37. The number of nitrogens with one attached hydrogen (secondary N) is 1. The molecule has 0 spiro atoms. The Morgan fingerprint density at radius 1 is 1.20 bits per heavy atom. The second-order valence-electron chi connectivity index (χ2n) is 6.85. The lowest BCUT2D eigenvalue weighted by molar-refractivity contribution is 0.102. The maximum atomic E-state index is 12.8. The van der Waals surface area contributed by atoms with E-state index in [1.807, 2.05) is 50.2 Å². The third-order valence-electron chi connectivity index (χ3n) is 4.78. The number of morpholine rings is 1. The molecule has 30 heavy (non-hydrogen) atoms. The van der Waals surface area contributed by atoms with Crippen molar-refractivity contribution in [2.24, 2.45) is 0 Å². The molecule has 4 rings (SSSR count). The van der Waals surface area contributed by atoms with E-state index in [0.717, 1.165) is 48.3 Å². The van der Waals surface area contributed by atoms with Crippen LogP contribution >= 0.6 is 11.3 Å². The molecular formula is C22H24N4O3S. The average molecular weight is 425 g/mol. The molecule has 1 aromatic carbocycles. The average Bonchev–Trinajstić information content (AvgIpc) is 3.17. The summed E-state index contributed by atoms with van der Waals surface area (Å²) in [5, 5.41) is 3.68. The summed E-state index contributed by atoms with van der Waals surface area (Å²) in [4.78, 5) is 24.5. The lowest BCUT2D eigenvalue weighted by Crippen LogP contribution is -2.36. The standard InChI is InChI=1S/C22H24N4O3S/c1-3-29-18-7-4-16(5-8-18)22-24-15(2)20(30-22)21(27)25-19-9-6-17(14-23-19)26-10-12-28-13-11-26/h4-9,14H,3,10-13H2,1-2H3,(H,23,25,27). The van der Waals surface area contributed by atoms with Crippen LogP contribution in [0.5, 0.6) is 5.75 Å². The van der Waals surface area contributed by atoms with Crippen LogP contribution in [-0.2, 0) is 4.74 Å². The first kappa shape index (κ1) is 20.3. The van der Waals surface area contributed by atoms with Crippen LogP contribution in [0.25, 0.3) is 10.6 Å². The lowest BCUT2D eigenvalue weighted by atomic mass is 10.2. The molecule has 1 amide bonds. The van der Waals surface area contributed by atoms with Crippen molar-refractivity contribution in [3.63, 3.8) is 0 Å². The molecule has 0 bridgehead atoms. The largest absolute Gasteiger partial charge is 0.494 e. The number of hydrogen-bond acceptors (Lipinski definition) is 7. The van der Waals surface area contributed by atoms with Crippen molar-refractivity contribution < 1.29 is 14.3 Å². The molecule has 1 aliphatic rings. The highest BCUT2D eigenvalue weighted by atomic mass is 32.1. The molecule has 0 aliphatic carbocycles. The smallest absolute Gasteiger partial charge is 0.268 e. The number of ether oxygens (including phenoxy) is 2. The molecule has 3 heterocycles. The monoisotopic (exact) mass is 424 g/mol. The van der Waals surface area contributed by atoms with Gasteiger partial charge in [-0.3, -0.25) is 4.79 Å². The van der Waals surface area contributed by atoms with E-state index in [9.17, 15) is 4.79 Å². The number of thiazole rings is 1. The van der Waals surface area contributed by atoms with Crippen LogP contribution in [0.2, 0.25) is 0 Å². The van der Waals surface area contributed by atoms with E-state index in [4.69, 9.17) is 9.47 Å². The number of nitrogens with zero attached hydrogens (tertiary/aromatic N) is 3. The van der Waals surface area contributed by atoms with Crippen molar-refractivity contribution >= 4 is 28.7 Å². The topological polar surface area (TPSA) is 76.6 Å². The highest BCUT2D eigenvalue weighted by molar-refractivity contribution is 7.17. The van der Waals surface area contributed by atoms with Crippen molar-refractivity contribution in [1.82, 2.24) is 9.97 Å². The van der Waals surface area contributed by atoms with Crippen LogP contribution < -0.4 is 15.0 Å². The van der Waals surface area contributed by atoms with Crippen LogP contribution in [-0.4, -0.2) is 48.8 Å². The SMILES string of the molecule is CCOc1ccc(-c2nc(C)c(C(=O)Nc3ccc(N4CCOCC4)cn3)s2)cc1. The molecule has 0 radical (unpaired) electrons. The molecule has 1 aliphatic heterocycles. The molecule has 156 valence electrons. The molecule has 1 saturated heterocycles. The zero-order chi connectivity index (χ0) is 20.9. The Labute approximate surface area is 179 Å². The van der Waals surface area contributed by atoms with E-state index in [1.165, 1.54) is 11.3 Å². The minimum absolute atomic E-state index is 0.200. The fraction of sp³-hybridized carbons (Fsp3) is 0.318. The molecule has 7 nitrogen and oxygen atoms in total. The Morgan fingerprint density at radius 3 is 2.63 bits per heavy atom. The molecular weight excluding hydrogens is 400 g/mol. The fourth-order valence-corrected chi connectivity index (χ4v) is 4.20. The van der Waals surface area contributed by atoms with E-state index in [-0.39, 0.29) is 5.91 Å². The van der Waals surface area contributed by atoms with Crippen LogP contribution in [0, 0.1) is 6.92 Å². The van der Waals surface area contributed by atoms with Gasteiger partial charge in [0.1, 0.15) is 21.5 Å². The van der Waals surface area contributed by atoms with Crippen molar-refractivity contribution in [3.05, 3.63) is 53.2 Å². The maximum absolute atomic E-state index is 12.8. The van der Waals surface area contributed by atoms with Gasteiger partial charge in [-0.05, 0) is 50.2 Å². The summed E-state index contributed by atoms with van der Waals surface area (Å²) in [5.41, 5.74) is 2.69. The van der Waals surface area contributed by atoms with Gasteiger partial charge >= 0.3 is 0 Å². The number of carbonyl (C=O) groups is 1. The van der Waals surface area contributed by atoms with Gasteiger partial charge in [0.15, 0.2) is 0 Å². The molecule has 1 fully saturated rings. The Kier molecular flexibility index (Phi) is 6.25. The third kappa shape index (κ3) is 4.60. The number of benzene rings is 1. The predicted molar refractivity (Wildman–Crippen MR) is 119 cm³/mol. The van der Waals surface area contributed by atoms with Crippen LogP contribution in [0.3, 0.4) is 0 Å². The molecule has 2 aromatic heterocycles. The number of anilines is 2. The molecule has 0 unspecified atom stereocenters. The highest BCUT2D eigenvalue weighted by Crippen LogP contribution is 2.30. The van der Waals surface area contributed by atoms with Crippen molar-refractivity contribution in [1.29, 1.82) is 0 Å². The van der Waals surface area contributed by atoms with E-state index >= 15 is 0 Å². The van der Waals surface area contributed by atoms with Crippen molar-refractivity contribution in [2.45, 2.75) is 13.8 Å². The normalized spacial score (nSPS) is 13.9. The number of aromatic nitrogens is 2. The Hall–Kier alpha value is -2.97. The van der Waals surface area contributed by atoms with Crippen LogP contribution in [0.4, 0.5) is 11.5 Å². The summed E-state index contributed by atoms with van der Waals surface area (Å²) in [6.07, 6.45) is 1.78. The molecule has 3 aromatic rings. The zero-order valence-electron chi connectivity index (χ0n) is 17.1. The Morgan fingerprint density at radius 2 is 1.97 bits per heavy atom. The first-order chi connectivity index (χ1) is 14.6. The van der Waals surface area contributed by atoms with Crippen molar-refractivity contribution in [3.8, 4) is 16.3 Å². The Balaban J connectivity index is 1.44. The number of rotatable bonds is 6. The van der Waals surface area contributed by atoms with E-state index < -0.39 is 0 Å². The predicted octanol–water partition coefficient (Wildman–Crippen LogP) is 4.00. The van der Waals surface area contributed by atoms with Crippen molar-refractivity contribution in [2.75, 3.05) is 43.1 Å². The van der Waals surface area contributed by atoms with Gasteiger partial charge in [0.2, 0.25) is 0 Å². The summed E-state index contributed by atoms with van der Waals surface area (Å²) in [7, 11) is 0. The van der Waals surface area contributed by atoms with Gasteiger partial charge in [-0.1, -0.05) is 0 Å². The van der Waals surface area contributed by atoms with Crippen LogP contribution in [0.1, 0.15) is 22.3 Å². The second kappa shape index (κ2) is 9.23. The highest BCUT2D eigenvalue weighted by Gasteiger charge is 2.17. The van der Waals surface area contributed by atoms with Gasteiger partial charge in [-0.2, -0.15) is 0 Å². The third-order valence-corrected chi connectivity index (χ3v) is 5.99. The molecule has 1 N–H and O–H groups in total. The lowest BCUT2D eigenvalue weighted by Gasteiger charge is -2.28. The Bertz CT molecular complexity index is 996. The van der Waals surface area contributed by atoms with Gasteiger partial charge in [0, 0.05) is 18.7 Å². The van der Waals surface area contributed by atoms with Gasteiger partial charge in [0.25, 0.3) is 5.91 Å². The number of aryl methyl sites for hydroxylation is 1. The summed E-state index contributed by atoms with van der Waals surface area (Å²) in [6, 6.07) is 11.5. The number of amides is 1. The summed E-state index contributed by atoms with van der Waals surface area (Å²) in [5.74, 6) is 1.14. The quantitative estimate of drug-likeness (QED) is 0.645. The van der Waals surface area contributed by atoms with E-state index in [0.29, 0.717) is 23.0 Å². The first-order valence-corrected chi connectivity index (χ1v) is 10.8. The van der Waals surface area contributed by atoms with Gasteiger partial charge in [-0.15, -0.1) is 11.3 Å². The summed E-state index contributed by atoms with van der Waals surface area (Å²) < 4.78 is 10.9. The van der Waals surface area contributed by atoms with Gasteiger partial charge in [-0.25, -0.2) is 9.97 Å². The zero-order valence-corrected chi connectivity index (χ0v) is 17.9. The summed E-state index contributed by atoms with van der Waals surface area (Å²) in [6.45, 7) is 7.57. The second-order valence-corrected chi connectivity index (χ2v) is 7.85. The number of hydrogen-bond donors (Lipinski definition) is 1. The number of pyridine rings is 1. The maximum Gasteiger partial charge on any atom is 0.268 e. The minimum atomic E-state index is -0.200. The van der Waals surface area contributed by atoms with E-state index in [2.05, 4.69) is 20.2 Å².